The summed E-state index contributed by atoms with van der Waals surface area (Å²) in [6.07, 6.45) is -1.97. The lowest BCUT2D eigenvalue weighted by molar-refractivity contribution is 0.0202. The van der Waals surface area contributed by atoms with Gasteiger partial charge in [-0.3, -0.25) is 4.79 Å². The molecule has 1 aromatic carbocycles. The zero-order valence-electron chi connectivity index (χ0n) is 9.77. The minimum atomic E-state index is -1.04. The molecule has 1 aromatic rings. The second-order valence-electron chi connectivity index (χ2n) is 3.87. The van der Waals surface area contributed by atoms with Gasteiger partial charge in [-0.25, -0.2) is 0 Å². The summed E-state index contributed by atoms with van der Waals surface area (Å²) in [6, 6.07) is 4.65. The molecule has 2 atom stereocenters. The number of halogens is 1. The molecule has 4 nitrogen and oxygen atoms in total. The van der Waals surface area contributed by atoms with Gasteiger partial charge in [0.15, 0.2) is 5.78 Å². The monoisotopic (exact) mass is 257 g/mol. The molecule has 0 aliphatic heterocycles. The Hall–Kier alpha value is -0.940. The second kappa shape index (κ2) is 6.12. The van der Waals surface area contributed by atoms with E-state index in [-0.39, 0.29) is 12.3 Å². The van der Waals surface area contributed by atoms with Crippen LogP contribution in [0.15, 0.2) is 18.2 Å². The maximum Gasteiger partial charge on any atom is 0.161 e. The van der Waals surface area contributed by atoms with Crippen LogP contribution in [0.1, 0.15) is 28.9 Å². The van der Waals surface area contributed by atoms with Crippen molar-refractivity contribution in [3.05, 3.63) is 34.3 Å². The average molecular weight is 258 g/mol. The molecule has 0 heterocycles. The SMILES string of the molecule is CNCC(O)C(O)c1ccc(Cl)c(C(C)=O)c1. The van der Waals surface area contributed by atoms with Crippen molar-refractivity contribution in [2.45, 2.75) is 19.1 Å². The number of ketones is 1. The molecular formula is C12H16ClNO3. The van der Waals surface area contributed by atoms with Crippen molar-refractivity contribution in [3.63, 3.8) is 0 Å². The third-order valence-electron chi connectivity index (χ3n) is 2.49. The molecule has 1 rings (SSSR count). The van der Waals surface area contributed by atoms with E-state index in [1.54, 1.807) is 19.2 Å². The van der Waals surface area contributed by atoms with Crippen LogP contribution in [0, 0.1) is 0 Å². The molecule has 0 bridgehead atoms. The van der Waals surface area contributed by atoms with Crippen LogP contribution < -0.4 is 5.32 Å². The predicted octanol–water partition coefficient (Wildman–Crippen LogP) is 1.16. The summed E-state index contributed by atoms with van der Waals surface area (Å²) in [5.74, 6) is -0.174. The maximum absolute atomic E-state index is 11.3. The number of nitrogens with one attached hydrogen (secondary N) is 1. The molecule has 0 fully saturated rings. The largest absolute Gasteiger partial charge is 0.389 e. The smallest absolute Gasteiger partial charge is 0.161 e. The molecule has 2 unspecified atom stereocenters. The van der Waals surface area contributed by atoms with Crippen LogP contribution in [0.4, 0.5) is 0 Å². The van der Waals surface area contributed by atoms with Gasteiger partial charge in [-0.05, 0) is 31.7 Å². The second-order valence-corrected chi connectivity index (χ2v) is 4.27. The summed E-state index contributed by atoms with van der Waals surface area (Å²) in [4.78, 5) is 11.3. The van der Waals surface area contributed by atoms with Crippen molar-refractivity contribution < 1.29 is 15.0 Å². The Bertz CT molecular complexity index is 409. The summed E-state index contributed by atoms with van der Waals surface area (Å²) in [5.41, 5.74) is 0.822. The fourth-order valence-electron chi connectivity index (χ4n) is 1.54. The lowest BCUT2D eigenvalue weighted by atomic mass is 10.0. The number of rotatable bonds is 5. The molecule has 0 saturated carbocycles. The summed E-state index contributed by atoms with van der Waals surface area (Å²) < 4.78 is 0. The zero-order valence-corrected chi connectivity index (χ0v) is 10.5. The van der Waals surface area contributed by atoms with Crippen molar-refractivity contribution in [1.82, 2.24) is 5.32 Å². The van der Waals surface area contributed by atoms with Crippen LogP contribution in [-0.4, -0.2) is 35.7 Å². The normalized spacial score (nSPS) is 14.4. The van der Waals surface area contributed by atoms with Crippen LogP contribution in [0.2, 0.25) is 5.02 Å². The summed E-state index contributed by atoms with van der Waals surface area (Å²) in [6.45, 7) is 1.67. The molecule has 17 heavy (non-hydrogen) atoms. The van der Waals surface area contributed by atoms with E-state index in [0.717, 1.165) is 0 Å². The number of hydrogen-bond donors (Lipinski definition) is 3. The molecule has 0 aromatic heterocycles. The highest BCUT2D eigenvalue weighted by Gasteiger charge is 2.19. The Morgan fingerprint density at radius 3 is 2.65 bits per heavy atom. The highest BCUT2D eigenvalue weighted by molar-refractivity contribution is 6.33. The first kappa shape index (κ1) is 14.1. The first-order valence-electron chi connectivity index (χ1n) is 5.28. The quantitative estimate of drug-likeness (QED) is 0.693. The van der Waals surface area contributed by atoms with Gasteiger partial charge in [0.1, 0.15) is 6.10 Å². The van der Waals surface area contributed by atoms with Crippen LogP contribution in [0.3, 0.4) is 0 Å². The van der Waals surface area contributed by atoms with Gasteiger partial charge >= 0.3 is 0 Å². The van der Waals surface area contributed by atoms with Gasteiger partial charge in [-0.2, -0.15) is 0 Å². The Kier molecular flexibility index (Phi) is 5.08. The van der Waals surface area contributed by atoms with Crippen LogP contribution >= 0.6 is 11.6 Å². The molecule has 3 N–H and O–H groups in total. The third-order valence-corrected chi connectivity index (χ3v) is 2.82. The van der Waals surface area contributed by atoms with Crippen LogP contribution in [-0.2, 0) is 0 Å². The van der Waals surface area contributed by atoms with Crippen molar-refractivity contribution in [3.8, 4) is 0 Å². The molecule has 0 amide bonds. The van der Waals surface area contributed by atoms with E-state index >= 15 is 0 Å². The minimum absolute atomic E-state index is 0.174. The third kappa shape index (κ3) is 3.51. The van der Waals surface area contributed by atoms with Crippen molar-refractivity contribution in [2.75, 3.05) is 13.6 Å². The van der Waals surface area contributed by atoms with Crippen LogP contribution in [0.5, 0.6) is 0 Å². The van der Waals surface area contributed by atoms with Gasteiger partial charge < -0.3 is 15.5 Å². The van der Waals surface area contributed by atoms with E-state index in [4.69, 9.17) is 11.6 Å². The molecular weight excluding hydrogens is 242 g/mol. The molecule has 0 saturated heterocycles. The van der Waals surface area contributed by atoms with Gasteiger partial charge in [-0.1, -0.05) is 17.7 Å². The molecule has 0 aliphatic rings. The van der Waals surface area contributed by atoms with E-state index in [2.05, 4.69) is 5.32 Å². The lowest BCUT2D eigenvalue weighted by Crippen LogP contribution is -2.29. The maximum atomic E-state index is 11.3. The summed E-state index contributed by atoms with van der Waals surface area (Å²) in [5, 5.41) is 22.6. The van der Waals surface area contributed by atoms with Gasteiger partial charge in [-0.15, -0.1) is 0 Å². The van der Waals surface area contributed by atoms with Gasteiger partial charge in [0.05, 0.1) is 11.1 Å². The van der Waals surface area contributed by atoms with Crippen molar-refractivity contribution in [2.24, 2.45) is 0 Å². The number of aliphatic hydroxyl groups excluding tert-OH is 2. The molecule has 0 radical (unpaired) electrons. The van der Waals surface area contributed by atoms with Crippen molar-refractivity contribution in [1.29, 1.82) is 0 Å². The number of carbonyl (C=O) groups is 1. The summed E-state index contributed by atoms with van der Waals surface area (Å²) >= 11 is 5.86. The van der Waals surface area contributed by atoms with Gasteiger partial charge in [0, 0.05) is 12.1 Å². The highest BCUT2D eigenvalue weighted by atomic mass is 35.5. The van der Waals surface area contributed by atoms with Crippen LogP contribution in [0.25, 0.3) is 0 Å². The first-order chi connectivity index (χ1) is 7.97. The fourth-order valence-corrected chi connectivity index (χ4v) is 1.79. The lowest BCUT2D eigenvalue weighted by Gasteiger charge is -2.18. The average Bonchev–Trinajstić information content (AvgIpc) is 2.28. The number of likely N-dealkylation sites (N-methyl/N-ethyl adjacent to an activating group) is 1. The number of hydrogen-bond acceptors (Lipinski definition) is 4. The van der Waals surface area contributed by atoms with E-state index in [0.29, 0.717) is 16.1 Å². The van der Waals surface area contributed by atoms with Gasteiger partial charge in [0.2, 0.25) is 0 Å². The molecule has 5 heteroatoms. The van der Waals surface area contributed by atoms with E-state index < -0.39 is 12.2 Å². The van der Waals surface area contributed by atoms with E-state index in [1.807, 2.05) is 0 Å². The topological polar surface area (TPSA) is 69.6 Å². The Balaban J connectivity index is 2.99. The molecule has 0 aliphatic carbocycles. The highest BCUT2D eigenvalue weighted by Crippen LogP contribution is 2.23. The number of aliphatic hydroxyl groups is 2. The minimum Gasteiger partial charge on any atom is -0.389 e. The number of benzene rings is 1. The standard InChI is InChI=1S/C12H16ClNO3/c1-7(15)9-5-8(3-4-10(9)13)12(17)11(16)6-14-2/h3-5,11-12,14,16-17H,6H2,1-2H3. The van der Waals surface area contributed by atoms with E-state index in [9.17, 15) is 15.0 Å². The van der Waals surface area contributed by atoms with Gasteiger partial charge in [0.25, 0.3) is 0 Å². The summed E-state index contributed by atoms with van der Waals surface area (Å²) in [7, 11) is 1.68. The number of Topliss-reactive ketones (excluding diaryl/α,β-unsaturated/α-hetero) is 1. The Morgan fingerprint density at radius 2 is 2.12 bits per heavy atom. The van der Waals surface area contributed by atoms with Crippen molar-refractivity contribution >= 4 is 17.4 Å². The predicted molar refractivity (Wildman–Crippen MR) is 66.3 cm³/mol. The molecule has 94 valence electrons. The first-order valence-corrected chi connectivity index (χ1v) is 5.66. The molecule has 0 spiro atoms. The number of carbonyl (C=O) groups excluding carboxylic acids is 1. The Morgan fingerprint density at radius 1 is 1.47 bits per heavy atom. The zero-order chi connectivity index (χ0) is 13.0. The van der Waals surface area contributed by atoms with E-state index in [1.165, 1.54) is 13.0 Å². The Labute approximate surface area is 105 Å². The fraction of sp³-hybridized carbons (Fsp3) is 0.417.